The zero-order valence-electron chi connectivity index (χ0n) is 18.5. The molecule has 1 amide bonds. The molecule has 2 N–H and O–H groups in total. The summed E-state index contributed by atoms with van der Waals surface area (Å²) in [6, 6.07) is 8.41. The molecular formula is C23H21ClF3N5O2. The van der Waals surface area contributed by atoms with Gasteiger partial charge in [-0.2, -0.15) is 13.2 Å². The van der Waals surface area contributed by atoms with Gasteiger partial charge in [0.1, 0.15) is 17.2 Å². The zero-order chi connectivity index (χ0) is 24.6. The van der Waals surface area contributed by atoms with Gasteiger partial charge in [0.2, 0.25) is 5.95 Å². The van der Waals surface area contributed by atoms with E-state index >= 15 is 0 Å². The molecule has 2 heterocycles. The molecule has 178 valence electrons. The van der Waals surface area contributed by atoms with E-state index in [9.17, 15) is 18.0 Å². The molecule has 1 aliphatic rings. The fourth-order valence-corrected chi connectivity index (χ4v) is 3.70. The number of nitrogens with zero attached hydrogens (tertiary/aromatic N) is 3. The molecule has 0 bridgehead atoms. The summed E-state index contributed by atoms with van der Waals surface area (Å²) >= 11 is 6.06. The second-order valence-electron chi connectivity index (χ2n) is 7.66. The normalized spacial score (nSPS) is 14.0. The zero-order valence-corrected chi connectivity index (χ0v) is 19.3. The van der Waals surface area contributed by atoms with Crippen molar-refractivity contribution in [3.05, 3.63) is 70.6 Å². The van der Waals surface area contributed by atoms with Crippen LogP contribution >= 0.6 is 11.6 Å². The molecule has 0 radical (unpaired) electrons. The van der Waals surface area contributed by atoms with E-state index in [4.69, 9.17) is 16.3 Å². The quantitative estimate of drug-likeness (QED) is 0.535. The number of rotatable bonds is 5. The highest BCUT2D eigenvalue weighted by atomic mass is 35.5. The summed E-state index contributed by atoms with van der Waals surface area (Å²) in [5.41, 5.74) is 1.34. The van der Waals surface area contributed by atoms with Crippen molar-refractivity contribution in [2.75, 3.05) is 26.0 Å². The van der Waals surface area contributed by atoms with Gasteiger partial charge in [0.05, 0.1) is 27.3 Å². The number of aryl methyl sites for hydroxylation is 1. The van der Waals surface area contributed by atoms with E-state index in [1.165, 1.54) is 6.07 Å². The third-order valence-electron chi connectivity index (χ3n) is 5.35. The molecule has 0 saturated heterocycles. The summed E-state index contributed by atoms with van der Waals surface area (Å²) in [6.45, 7) is 0.516. The van der Waals surface area contributed by atoms with Crippen LogP contribution in [-0.2, 0) is 18.0 Å². The Balaban J connectivity index is 1.57. The monoisotopic (exact) mass is 491 g/mol. The number of hydrogen-bond donors (Lipinski definition) is 2. The minimum atomic E-state index is -4.48. The summed E-state index contributed by atoms with van der Waals surface area (Å²) < 4.78 is 46.4. The van der Waals surface area contributed by atoms with Crippen molar-refractivity contribution < 1.29 is 22.7 Å². The first-order chi connectivity index (χ1) is 16.1. The van der Waals surface area contributed by atoms with Crippen LogP contribution in [0.3, 0.4) is 0 Å². The predicted molar refractivity (Wildman–Crippen MR) is 124 cm³/mol. The number of imidazole rings is 1. The van der Waals surface area contributed by atoms with Crippen molar-refractivity contribution in [2.45, 2.75) is 6.18 Å². The molecule has 0 saturated carbocycles. The van der Waals surface area contributed by atoms with E-state index in [-0.39, 0.29) is 10.9 Å². The van der Waals surface area contributed by atoms with Gasteiger partial charge in [-0.05, 0) is 36.4 Å². The number of benzene rings is 2. The Morgan fingerprint density at radius 1 is 1.18 bits per heavy atom. The lowest BCUT2D eigenvalue weighted by molar-refractivity contribution is -0.137. The van der Waals surface area contributed by atoms with Gasteiger partial charge in [-0.25, -0.2) is 4.98 Å². The number of carbonyl (C=O) groups excluding carboxylic acids is 1. The fraction of sp³-hybridized carbons (Fsp3) is 0.217. The summed E-state index contributed by atoms with van der Waals surface area (Å²) in [4.78, 5) is 18.4. The lowest BCUT2D eigenvalue weighted by Gasteiger charge is -2.24. The number of carbonyl (C=O) groups is 1. The number of hydrogen-bond acceptors (Lipinski definition) is 5. The van der Waals surface area contributed by atoms with Crippen LogP contribution in [0.25, 0.3) is 11.0 Å². The molecule has 0 fully saturated rings. The molecular weight excluding hydrogens is 471 g/mol. The molecule has 3 aromatic rings. The number of nitrogens with one attached hydrogen (secondary N) is 2. The number of ether oxygens (including phenoxy) is 1. The van der Waals surface area contributed by atoms with Gasteiger partial charge in [0.25, 0.3) is 5.91 Å². The average molecular weight is 492 g/mol. The number of alkyl halides is 3. The first-order valence-corrected chi connectivity index (χ1v) is 10.6. The summed E-state index contributed by atoms with van der Waals surface area (Å²) in [5.74, 6) is 1.23. The van der Waals surface area contributed by atoms with Gasteiger partial charge in [0, 0.05) is 39.8 Å². The van der Waals surface area contributed by atoms with Crippen molar-refractivity contribution >= 4 is 40.2 Å². The van der Waals surface area contributed by atoms with Crippen LogP contribution in [0.1, 0.15) is 5.56 Å². The van der Waals surface area contributed by atoms with Crippen molar-refractivity contribution in [3.63, 3.8) is 0 Å². The van der Waals surface area contributed by atoms with Crippen molar-refractivity contribution in [2.24, 2.45) is 7.05 Å². The van der Waals surface area contributed by atoms with E-state index < -0.39 is 11.7 Å². The van der Waals surface area contributed by atoms with Gasteiger partial charge in [-0.15, -0.1) is 0 Å². The summed E-state index contributed by atoms with van der Waals surface area (Å²) in [5, 5.41) is 5.51. The van der Waals surface area contributed by atoms with Gasteiger partial charge in [0.15, 0.2) is 0 Å². The molecule has 11 heteroatoms. The van der Waals surface area contributed by atoms with Crippen LogP contribution in [0.2, 0.25) is 5.02 Å². The van der Waals surface area contributed by atoms with Crippen LogP contribution in [0, 0.1) is 0 Å². The smallest absolute Gasteiger partial charge is 0.416 e. The van der Waals surface area contributed by atoms with Crippen LogP contribution in [0.4, 0.5) is 24.8 Å². The molecule has 34 heavy (non-hydrogen) atoms. The minimum Gasteiger partial charge on any atom is -0.457 e. The SMILES string of the molecule is CNC(=O)C1=CC(Oc2ccc3c(c2)nc(Nc2ccc(C(F)(F)F)cc2Cl)n3C)=CCN1C. The molecule has 2 aromatic carbocycles. The second kappa shape index (κ2) is 8.94. The van der Waals surface area contributed by atoms with Gasteiger partial charge < -0.3 is 24.8 Å². The highest BCUT2D eigenvalue weighted by Gasteiger charge is 2.31. The Labute approximate surface area is 198 Å². The lowest BCUT2D eigenvalue weighted by Crippen LogP contribution is -2.33. The van der Waals surface area contributed by atoms with E-state index in [0.29, 0.717) is 40.9 Å². The van der Waals surface area contributed by atoms with E-state index in [0.717, 1.165) is 17.6 Å². The van der Waals surface area contributed by atoms with Gasteiger partial charge in [-0.1, -0.05) is 11.6 Å². The van der Waals surface area contributed by atoms with Crippen molar-refractivity contribution in [1.82, 2.24) is 19.8 Å². The third-order valence-corrected chi connectivity index (χ3v) is 5.66. The first-order valence-electron chi connectivity index (χ1n) is 10.2. The molecule has 1 aliphatic heterocycles. The number of allylic oxidation sites excluding steroid dienone is 1. The topological polar surface area (TPSA) is 71.4 Å². The van der Waals surface area contributed by atoms with Crippen LogP contribution in [0.15, 0.2) is 60.0 Å². The Bertz CT molecular complexity index is 1330. The molecule has 0 atom stereocenters. The van der Waals surface area contributed by atoms with Crippen LogP contribution in [-0.4, -0.2) is 41.0 Å². The standard InChI is InChI=1S/C23H21ClF3N5O2/c1-28-21(33)20-12-15(8-9-31(20)2)34-14-5-7-19-18(11-14)30-22(32(19)3)29-17-6-4-13(10-16(17)24)23(25,26)27/h4-8,10-12H,9H2,1-3H3,(H,28,33)(H,29,30). The van der Waals surface area contributed by atoms with E-state index in [1.807, 2.05) is 19.2 Å². The number of amides is 1. The number of likely N-dealkylation sites (N-methyl/N-ethyl adjacent to an activating group) is 2. The Kier molecular flexibility index (Phi) is 6.18. The Morgan fingerprint density at radius 2 is 1.94 bits per heavy atom. The maximum atomic E-state index is 12.9. The molecule has 0 aliphatic carbocycles. The third kappa shape index (κ3) is 4.67. The van der Waals surface area contributed by atoms with E-state index in [2.05, 4.69) is 15.6 Å². The predicted octanol–water partition coefficient (Wildman–Crippen LogP) is 4.83. The molecule has 0 unspecified atom stereocenters. The van der Waals surface area contributed by atoms with Crippen molar-refractivity contribution in [3.8, 4) is 5.75 Å². The molecule has 1 aromatic heterocycles. The second-order valence-corrected chi connectivity index (χ2v) is 8.07. The van der Waals surface area contributed by atoms with Crippen LogP contribution in [0.5, 0.6) is 5.75 Å². The fourth-order valence-electron chi connectivity index (χ4n) is 3.47. The minimum absolute atomic E-state index is 0.0705. The highest BCUT2D eigenvalue weighted by molar-refractivity contribution is 6.33. The summed E-state index contributed by atoms with van der Waals surface area (Å²) in [6.07, 6.45) is -0.963. The molecule has 7 nitrogen and oxygen atoms in total. The maximum Gasteiger partial charge on any atom is 0.416 e. The number of anilines is 2. The number of halogens is 4. The maximum absolute atomic E-state index is 12.9. The van der Waals surface area contributed by atoms with Crippen molar-refractivity contribution in [1.29, 1.82) is 0 Å². The van der Waals surface area contributed by atoms with Gasteiger partial charge in [-0.3, -0.25) is 4.79 Å². The lowest BCUT2D eigenvalue weighted by atomic mass is 10.2. The average Bonchev–Trinajstić information content (AvgIpc) is 3.09. The van der Waals surface area contributed by atoms with Gasteiger partial charge >= 0.3 is 6.18 Å². The highest BCUT2D eigenvalue weighted by Crippen LogP contribution is 2.35. The van der Waals surface area contributed by atoms with Crippen LogP contribution < -0.4 is 15.4 Å². The largest absolute Gasteiger partial charge is 0.457 e. The first kappa shape index (κ1) is 23.5. The summed E-state index contributed by atoms with van der Waals surface area (Å²) in [7, 11) is 5.15. The van der Waals surface area contributed by atoms with E-state index in [1.54, 1.807) is 41.8 Å². The molecule has 4 rings (SSSR count). The molecule has 0 spiro atoms. The number of fused-ring (bicyclic) bond motifs is 1. The Morgan fingerprint density at radius 3 is 2.62 bits per heavy atom. The number of aromatic nitrogens is 2. The Hall–Kier alpha value is -3.66.